The summed E-state index contributed by atoms with van der Waals surface area (Å²) in [5, 5.41) is 0. The van der Waals surface area contributed by atoms with Crippen LogP contribution in [0.15, 0.2) is 12.1 Å². The Hall–Kier alpha value is -1.26. The van der Waals surface area contributed by atoms with Crippen molar-refractivity contribution in [3.8, 4) is 5.75 Å². The summed E-state index contributed by atoms with van der Waals surface area (Å²) in [4.78, 5) is 0. The van der Waals surface area contributed by atoms with E-state index < -0.39 is 24.0 Å². The maximum atomic E-state index is 12.5. The van der Waals surface area contributed by atoms with Crippen LogP contribution in [-0.2, 0) is 0 Å². The van der Waals surface area contributed by atoms with Crippen molar-refractivity contribution in [2.45, 2.75) is 6.61 Å². The molecule has 5 heteroatoms. The molecule has 0 aliphatic heterocycles. The quantitative estimate of drug-likeness (QED) is 0.633. The Morgan fingerprint density at radius 2 is 2.00 bits per heavy atom. The van der Waals surface area contributed by atoms with Gasteiger partial charge >= 0.3 is 6.61 Å². The molecule has 1 nitrogen and oxygen atoms in total. The summed E-state index contributed by atoms with van der Waals surface area (Å²) >= 11 is 0. The van der Waals surface area contributed by atoms with Gasteiger partial charge in [-0.3, -0.25) is 0 Å². The molecule has 0 atom stereocenters. The fourth-order valence-corrected chi connectivity index (χ4v) is 0.615. The average molecular weight is 179 g/mol. The summed E-state index contributed by atoms with van der Waals surface area (Å²) in [7, 11) is 0. The van der Waals surface area contributed by atoms with Gasteiger partial charge in [-0.2, -0.15) is 8.78 Å². The normalized spacial score (nSPS) is 10.4. The highest BCUT2D eigenvalue weighted by Gasteiger charge is 2.10. The highest BCUT2D eigenvalue weighted by atomic mass is 19.3. The largest absolute Gasteiger partial charge is 0.432 e. The van der Waals surface area contributed by atoms with Crippen LogP contribution >= 0.6 is 0 Å². The van der Waals surface area contributed by atoms with Crippen molar-refractivity contribution in [1.82, 2.24) is 0 Å². The van der Waals surface area contributed by atoms with E-state index >= 15 is 0 Å². The molecular weight excluding hydrogens is 176 g/mol. The van der Waals surface area contributed by atoms with Crippen LogP contribution in [0.4, 0.5) is 17.6 Å². The van der Waals surface area contributed by atoms with E-state index in [9.17, 15) is 17.6 Å². The monoisotopic (exact) mass is 179 g/mol. The van der Waals surface area contributed by atoms with Crippen molar-refractivity contribution in [3.63, 3.8) is 0 Å². The summed E-state index contributed by atoms with van der Waals surface area (Å²) < 4.78 is 51.4. The number of alkyl halides is 2. The first kappa shape index (κ1) is 8.83. The zero-order valence-corrected chi connectivity index (χ0v) is 5.65. The highest BCUT2D eigenvalue weighted by Crippen LogP contribution is 2.19. The van der Waals surface area contributed by atoms with Gasteiger partial charge < -0.3 is 4.74 Å². The van der Waals surface area contributed by atoms with Crippen molar-refractivity contribution >= 4 is 0 Å². The minimum atomic E-state index is -3.17. The minimum Gasteiger partial charge on any atom is -0.432 e. The summed E-state index contributed by atoms with van der Waals surface area (Å²) in [6.45, 7) is -3.17. The lowest BCUT2D eigenvalue weighted by molar-refractivity contribution is -0.0523. The van der Waals surface area contributed by atoms with E-state index in [1.54, 1.807) is 0 Å². The molecule has 0 N–H and O–H groups in total. The van der Waals surface area contributed by atoms with Gasteiger partial charge in [-0.15, -0.1) is 0 Å². The zero-order valence-electron chi connectivity index (χ0n) is 5.65. The lowest BCUT2D eigenvalue weighted by Gasteiger charge is -2.04. The van der Waals surface area contributed by atoms with Crippen LogP contribution in [0.25, 0.3) is 0 Å². The highest BCUT2D eigenvalue weighted by molar-refractivity contribution is 5.24. The molecule has 0 aliphatic rings. The first-order valence-corrected chi connectivity index (χ1v) is 2.91. The third kappa shape index (κ3) is 2.11. The maximum absolute atomic E-state index is 12.5. The molecule has 1 aromatic rings. The minimum absolute atomic E-state index is 0.501. The lowest BCUT2D eigenvalue weighted by Crippen LogP contribution is -2.03. The Morgan fingerprint density at radius 3 is 2.58 bits per heavy atom. The third-order valence-corrected chi connectivity index (χ3v) is 1.05. The number of hydrogen-bond donors (Lipinski definition) is 0. The second-order valence-corrected chi connectivity index (χ2v) is 1.87. The van der Waals surface area contributed by atoms with Gasteiger partial charge in [-0.25, -0.2) is 8.78 Å². The summed E-state index contributed by atoms with van der Waals surface area (Å²) in [5.41, 5.74) is 0. The fourth-order valence-electron chi connectivity index (χ4n) is 0.615. The Kier molecular flexibility index (Phi) is 2.52. The maximum Gasteiger partial charge on any atom is 0.387 e. The van der Waals surface area contributed by atoms with Crippen LogP contribution < -0.4 is 4.74 Å². The molecule has 0 unspecified atom stereocenters. The van der Waals surface area contributed by atoms with Crippen LogP contribution in [0, 0.1) is 17.7 Å². The molecule has 65 valence electrons. The Labute approximate surface area is 65.6 Å². The molecule has 1 aromatic carbocycles. The number of benzene rings is 1. The molecule has 0 aromatic heterocycles. The van der Waals surface area contributed by atoms with E-state index in [1.807, 2.05) is 6.07 Å². The molecule has 0 saturated carbocycles. The summed E-state index contributed by atoms with van der Waals surface area (Å²) in [6, 6.07) is 2.94. The molecule has 12 heavy (non-hydrogen) atoms. The van der Waals surface area contributed by atoms with Gasteiger partial charge in [0.15, 0.2) is 11.6 Å². The first-order chi connectivity index (χ1) is 5.59. The van der Waals surface area contributed by atoms with Gasteiger partial charge in [0.25, 0.3) is 0 Å². The van der Waals surface area contributed by atoms with E-state index in [4.69, 9.17) is 0 Å². The SMILES string of the molecule is Fc1[c]cc(F)c(OC(F)F)c1. The molecule has 1 radical (unpaired) electrons. The van der Waals surface area contributed by atoms with Crippen molar-refractivity contribution < 1.29 is 22.3 Å². The lowest BCUT2D eigenvalue weighted by atomic mass is 10.3. The molecule has 0 saturated heterocycles. The molecule has 0 spiro atoms. The topological polar surface area (TPSA) is 9.23 Å². The molecule has 0 heterocycles. The van der Waals surface area contributed by atoms with Crippen molar-refractivity contribution in [3.05, 3.63) is 29.8 Å². The van der Waals surface area contributed by atoms with Crippen LogP contribution in [0.1, 0.15) is 0 Å². The van der Waals surface area contributed by atoms with Crippen LogP contribution in [0.3, 0.4) is 0 Å². The van der Waals surface area contributed by atoms with Gasteiger partial charge in [0.1, 0.15) is 5.82 Å². The van der Waals surface area contributed by atoms with Crippen molar-refractivity contribution in [2.24, 2.45) is 0 Å². The second-order valence-electron chi connectivity index (χ2n) is 1.87. The molecule has 0 fully saturated rings. The van der Waals surface area contributed by atoms with Gasteiger partial charge in [0, 0.05) is 12.1 Å². The van der Waals surface area contributed by atoms with Gasteiger partial charge in [0.2, 0.25) is 0 Å². The van der Waals surface area contributed by atoms with E-state index in [1.165, 1.54) is 0 Å². The van der Waals surface area contributed by atoms with Crippen LogP contribution in [-0.4, -0.2) is 6.61 Å². The molecule has 1 rings (SSSR count). The average Bonchev–Trinajstić information content (AvgIpc) is 1.96. The zero-order chi connectivity index (χ0) is 9.14. The number of halogens is 4. The van der Waals surface area contributed by atoms with Crippen molar-refractivity contribution in [1.29, 1.82) is 0 Å². The van der Waals surface area contributed by atoms with E-state index in [0.717, 1.165) is 0 Å². The van der Waals surface area contributed by atoms with Gasteiger partial charge in [-0.1, -0.05) is 0 Å². The fraction of sp³-hybridized carbons (Fsp3) is 0.143. The Morgan fingerprint density at radius 1 is 1.33 bits per heavy atom. The Bertz CT molecular complexity index is 274. The molecular formula is C7H3F4O. The predicted molar refractivity (Wildman–Crippen MR) is 31.8 cm³/mol. The number of ether oxygens (including phenoxy) is 1. The first-order valence-electron chi connectivity index (χ1n) is 2.91. The smallest absolute Gasteiger partial charge is 0.387 e. The van der Waals surface area contributed by atoms with E-state index in [0.29, 0.717) is 12.1 Å². The van der Waals surface area contributed by atoms with E-state index in [2.05, 4.69) is 4.74 Å². The molecule has 0 bridgehead atoms. The second kappa shape index (κ2) is 3.42. The van der Waals surface area contributed by atoms with Gasteiger partial charge in [0.05, 0.1) is 0 Å². The summed E-state index contributed by atoms with van der Waals surface area (Å²) in [6.07, 6.45) is 0. The Balaban J connectivity index is 2.90. The molecule has 0 amide bonds. The standard InChI is InChI=1S/C7H3F4O/c8-4-1-2-5(9)6(3-4)12-7(10)11/h2-3,7H. The van der Waals surface area contributed by atoms with Crippen LogP contribution in [0.2, 0.25) is 0 Å². The summed E-state index contributed by atoms with van der Waals surface area (Å²) in [5.74, 6) is -2.84. The molecule has 0 aliphatic carbocycles. The third-order valence-electron chi connectivity index (χ3n) is 1.05. The predicted octanol–water partition coefficient (Wildman–Crippen LogP) is 2.37. The van der Waals surface area contributed by atoms with Gasteiger partial charge in [-0.05, 0) is 6.07 Å². The van der Waals surface area contributed by atoms with Crippen LogP contribution in [0.5, 0.6) is 5.75 Å². The van der Waals surface area contributed by atoms with E-state index in [-0.39, 0.29) is 0 Å². The number of hydrogen-bond acceptors (Lipinski definition) is 1. The number of rotatable bonds is 2. The van der Waals surface area contributed by atoms with Crippen molar-refractivity contribution in [2.75, 3.05) is 0 Å².